The highest BCUT2D eigenvalue weighted by Crippen LogP contribution is 2.32. The molecule has 1 saturated carbocycles. The molecule has 0 atom stereocenters. The van der Waals surface area contributed by atoms with E-state index in [0.29, 0.717) is 40.7 Å². The number of hydrogen-bond donors (Lipinski definition) is 3. The molecule has 2 aromatic rings. The van der Waals surface area contributed by atoms with Crippen LogP contribution < -0.4 is 21.3 Å². The van der Waals surface area contributed by atoms with E-state index in [4.69, 9.17) is 15.7 Å². The van der Waals surface area contributed by atoms with Crippen molar-refractivity contribution in [3.05, 3.63) is 54.4 Å². The van der Waals surface area contributed by atoms with E-state index in [1.165, 1.54) is 63.4 Å². The third-order valence-corrected chi connectivity index (χ3v) is 9.00. The third-order valence-electron chi connectivity index (χ3n) is 8.12. The summed E-state index contributed by atoms with van der Waals surface area (Å²) in [7, 11) is 0. The van der Waals surface area contributed by atoms with E-state index >= 15 is 0 Å². The second-order valence-electron chi connectivity index (χ2n) is 11.4. The number of anilines is 3. The highest BCUT2D eigenvalue weighted by atomic mass is 32.2. The minimum atomic E-state index is 0.106. The maximum Gasteiger partial charge on any atom is 0.224 e. The number of nitrogens with zero attached hydrogens (tertiary/aromatic N) is 4. The molecule has 5 rings (SSSR count). The number of likely N-dealkylation sites (tertiary alicyclic amines) is 1. The molecule has 1 amide bonds. The molecule has 0 bridgehead atoms. The topological polar surface area (TPSA) is 99.4 Å². The first kappa shape index (κ1) is 28.5. The first-order chi connectivity index (χ1) is 19.4. The molecule has 1 aromatic carbocycles. The molecular formula is C31H43N7OS. The van der Waals surface area contributed by atoms with E-state index in [2.05, 4.69) is 27.0 Å². The Morgan fingerprint density at radius 2 is 1.73 bits per heavy atom. The van der Waals surface area contributed by atoms with Crippen LogP contribution in [-0.2, 0) is 4.79 Å². The van der Waals surface area contributed by atoms with Crippen molar-refractivity contribution in [2.45, 2.75) is 80.8 Å². The molecule has 0 spiro atoms. The molecule has 0 radical (unpaired) electrons. The van der Waals surface area contributed by atoms with Gasteiger partial charge < -0.3 is 26.2 Å². The average molecular weight is 562 g/mol. The fourth-order valence-electron chi connectivity index (χ4n) is 6.13. The first-order valence-corrected chi connectivity index (χ1v) is 15.6. The highest BCUT2D eigenvalue weighted by Gasteiger charge is 2.27. The Hall–Kier alpha value is -3.04. The number of hydrogen-bond acceptors (Lipinski definition) is 8. The van der Waals surface area contributed by atoms with Crippen LogP contribution >= 0.6 is 11.8 Å². The minimum absolute atomic E-state index is 0.106. The summed E-state index contributed by atoms with van der Waals surface area (Å²) in [6.07, 6.45) is 12.2. The molecule has 3 fully saturated rings. The fraction of sp³-hybridized carbons (Fsp3) is 0.516. The van der Waals surface area contributed by atoms with Gasteiger partial charge in [0.15, 0.2) is 5.16 Å². The monoisotopic (exact) mass is 561 g/mol. The van der Waals surface area contributed by atoms with Gasteiger partial charge in [-0.25, -0.2) is 9.97 Å². The molecular weight excluding hydrogens is 518 g/mol. The highest BCUT2D eigenvalue weighted by molar-refractivity contribution is 7.99. The van der Waals surface area contributed by atoms with Crippen LogP contribution in [-0.4, -0.2) is 53.0 Å². The number of rotatable bonds is 10. The Morgan fingerprint density at radius 1 is 1.02 bits per heavy atom. The number of allylic oxidation sites excluding steroid dienone is 2. The van der Waals surface area contributed by atoms with Crippen molar-refractivity contribution in [2.24, 2.45) is 11.7 Å². The predicted octanol–water partition coefficient (Wildman–Crippen LogP) is 6.00. The Kier molecular flexibility index (Phi) is 9.65. The fourth-order valence-corrected chi connectivity index (χ4v) is 6.89. The zero-order valence-corrected chi connectivity index (χ0v) is 24.5. The van der Waals surface area contributed by atoms with Crippen LogP contribution in [0.25, 0.3) is 0 Å². The van der Waals surface area contributed by atoms with Gasteiger partial charge in [0.25, 0.3) is 0 Å². The molecule has 9 heteroatoms. The minimum Gasteiger partial charge on any atom is -0.402 e. The molecule has 40 heavy (non-hydrogen) atoms. The summed E-state index contributed by atoms with van der Waals surface area (Å²) in [6.45, 7) is 10.4. The molecule has 4 N–H and O–H groups in total. The maximum atomic E-state index is 12.4. The van der Waals surface area contributed by atoms with Crippen molar-refractivity contribution in [2.75, 3.05) is 41.7 Å². The lowest BCUT2D eigenvalue weighted by Gasteiger charge is -2.37. The second-order valence-corrected chi connectivity index (χ2v) is 12.5. The normalized spacial score (nSPS) is 19.2. The molecule has 1 aromatic heterocycles. The molecule has 0 unspecified atom stereocenters. The summed E-state index contributed by atoms with van der Waals surface area (Å²) in [6, 6.07) is 10.6. The van der Waals surface area contributed by atoms with Gasteiger partial charge in [0.1, 0.15) is 11.6 Å². The van der Waals surface area contributed by atoms with E-state index < -0.39 is 0 Å². The van der Waals surface area contributed by atoms with E-state index in [9.17, 15) is 4.79 Å². The van der Waals surface area contributed by atoms with Crippen LogP contribution in [0.15, 0.2) is 64.4 Å². The third kappa shape index (κ3) is 8.01. The average Bonchev–Trinajstić information content (AvgIpc) is 3.64. The zero-order valence-electron chi connectivity index (χ0n) is 23.7. The van der Waals surface area contributed by atoms with Crippen LogP contribution in [0.2, 0.25) is 0 Å². The van der Waals surface area contributed by atoms with Gasteiger partial charge in [-0.1, -0.05) is 19.4 Å². The summed E-state index contributed by atoms with van der Waals surface area (Å²) < 4.78 is 0. The number of amides is 1. The van der Waals surface area contributed by atoms with Gasteiger partial charge in [0.05, 0.1) is 0 Å². The van der Waals surface area contributed by atoms with Crippen molar-refractivity contribution in [1.82, 2.24) is 14.9 Å². The van der Waals surface area contributed by atoms with Gasteiger partial charge in [-0.05, 0) is 107 Å². The SMILES string of the molecule is C=C(/C=C(/C)N)Nc1cc(N2CCC(N3CCCC3)CC2)nc(Sc2ccc(NC(=O)CC3CCCC3)cc2)n1. The largest absolute Gasteiger partial charge is 0.402 e. The Bertz CT molecular complexity index is 1190. The van der Waals surface area contributed by atoms with Crippen LogP contribution in [0.4, 0.5) is 17.3 Å². The quantitative estimate of drug-likeness (QED) is 0.240. The number of benzene rings is 1. The summed E-state index contributed by atoms with van der Waals surface area (Å²) >= 11 is 1.52. The predicted molar refractivity (Wildman–Crippen MR) is 165 cm³/mol. The maximum absolute atomic E-state index is 12.4. The van der Waals surface area contributed by atoms with Gasteiger partial charge in [0.2, 0.25) is 5.91 Å². The van der Waals surface area contributed by atoms with Gasteiger partial charge in [-0.3, -0.25) is 4.79 Å². The summed E-state index contributed by atoms with van der Waals surface area (Å²) in [5.41, 5.74) is 8.05. The van der Waals surface area contributed by atoms with Crippen LogP contribution in [0, 0.1) is 5.92 Å². The van der Waals surface area contributed by atoms with Crippen molar-refractivity contribution < 1.29 is 4.79 Å². The number of carbonyl (C=O) groups excluding carboxylic acids is 1. The second kappa shape index (κ2) is 13.5. The Morgan fingerprint density at radius 3 is 2.40 bits per heavy atom. The van der Waals surface area contributed by atoms with Gasteiger partial charge in [-0.15, -0.1) is 0 Å². The molecule has 2 saturated heterocycles. The van der Waals surface area contributed by atoms with Gasteiger partial charge in [0, 0.05) is 53.6 Å². The Balaban J connectivity index is 1.26. The van der Waals surface area contributed by atoms with Crippen LogP contribution in [0.3, 0.4) is 0 Å². The molecule has 2 aliphatic heterocycles. The first-order valence-electron chi connectivity index (χ1n) is 14.8. The molecule has 214 valence electrons. The molecule has 3 aliphatic rings. The zero-order chi connectivity index (χ0) is 27.9. The molecule has 8 nitrogen and oxygen atoms in total. The van der Waals surface area contributed by atoms with Crippen LogP contribution in [0.1, 0.15) is 64.7 Å². The molecule has 1 aliphatic carbocycles. The van der Waals surface area contributed by atoms with E-state index in [-0.39, 0.29) is 5.91 Å². The number of carbonyl (C=O) groups is 1. The van der Waals surface area contributed by atoms with Crippen molar-refractivity contribution in [1.29, 1.82) is 0 Å². The number of nitrogens with one attached hydrogen (secondary N) is 2. The summed E-state index contributed by atoms with van der Waals surface area (Å²) in [5, 5.41) is 7.02. The van der Waals surface area contributed by atoms with Crippen molar-refractivity contribution >= 4 is 35.0 Å². The number of piperidine rings is 1. The van der Waals surface area contributed by atoms with Crippen molar-refractivity contribution in [3.63, 3.8) is 0 Å². The lowest BCUT2D eigenvalue weighted by atomic mass is 10.0. The van der Waals surface area contributed by atoms with E-state index in [1.807, 2.05) is 37.3 Å². The summed E-state index contributed by atoms with van der Waals surface area (Å²) in [5.74, 6) is 2.27. The number of aromatic nitrogens is 2. The van der Waals surface area contributed by atoms with Crippen LogP contribution in [0.5, 0.6) is 0 Å². The standard InChI is InChI=1S/C31H43N7OS/c1-22(32)19-23(2)33-28-21-29(38-17-13-26(14-18-38)37-15-5-6-16-37)36-31(35-28)40-27-11-9-25(10-12-27)34-30(39)20-24-7-3-4-8-24/h9-12,19,21,24,26H,2-8,13-18,20,32H2,1H3,(H,34,39)(H,33,35,36)/b22-19-. The smallest absolute Gasteiger partial charge is 0.224 e. The van der Waals surface area contributed by atoms with E-state index in [1.54, 1.807) is 6.08 Å². The van der Waals surface area contributed by atoms with Gasteiger partial charge >= 0.3 is 0 Å². The van der Waals surface area contributed by atoms with Crippen molar-refractivity contribution in [3.8, 4) is 0 Å². The Labute approximate surface area is 242 Å². The summed E-state index contributed by atoms with van der Waals surface area (Å²) in [4.78, 5) is 28.2. The lowest BCUT2D eigenvalue weighted by Crippen LogP contribution is -2.44. The molecule has 3 heterocycles. The number of nitrogens with two attached hydrogens (primary N) is 1. The van der Waals surface area contributed by atoms with E-state index in [0.717, 1.165) is 42.3 Å². The van der Waals surface area contributed by atoms with Gasteiger partial charge in [-0.2, -0.15) is 0 Å². The lowest BCUT2D eigenvalue weighted by molar-refractivity contribution is -0.117.